The summed E-state index contributed by atoms with van der Waals surface area (Å²) in [6.07, 6.45) is 3.09. The molecule has 0 aliphatic carbocycles. The lowest BCUT2D eigenvalue weighted by Crippen LogP contribution is -2.48. The molecule has 29 heavy (non-hydrogen) atoms. The Morgan fingerprint density at radius 2 is 1.97 bits per heavy atom. The second-order valence-corrected chi connectivity index (χ2v) is 8.53. The molecule has 2 heterocycles. The molecule has 4 rings (SSSR count). The lowest BCUT2D eigenvalue weighted by Gasteiger charge is -2.34. The number of hydrogen-bond acceptors (Lipinski definition) is 6. The Hall–Kier alpha value is -2.78. The molecule has 9 heteroatoms. The number of benzene rings is 2. The SMILES string of the molecule is O=C(C=Cc1cccc([N+](=O)[O-])c1)N1CCN(c2nc3ccc(Br)cc3s2)CC1. The summed E-state index contributed by atoms with van der Waals surface area (Å²) in [5, 5.41) is 11.8. The van der Waals surface area contributed by atoms with Gasteiger partial charge in [0, 0.05) is 48.9 Å². The maximum absolute atomic E-state index is 12.5. The summed E-state index contributed by atoms with van der Waals surface area (Å²) < 4.78 is 2.17. The molecule has 148 valence electrons. The zero-order chi connectivity index (χ0) is 20.4. The molecule has 1 saturated heterocycles. The van der Waals surface area contributed by atoms with Crippen LogP contribution in [0.5, 0.6) is 0 Å². The highest BCUT2D eigenvalue weighted by Crippen LogP contribution is 2.31. The summed E-state index contributed by atoms with van der Waals surface area (Å²) in [5.41, 5.74) is 1.62. The minimum atomic E-state index is -0.445. The molecule has 2 aromatic carbocycles. The Bertz CT molecular complexity index is 1110. The van der Waals surface area contributed by atoms with Crippen molar-refractivity contribution in [1.29, 1.82) is 0 Å². The van der Waals surface area contributed by atoms with Gasteiger partial charge in [-0.1, -0.05) is 39.4 Å². The second kappa shape index (κ2) is 8.30. The number of hydrogen-bond donors (Lipinski definition) is 0. The predicted molar refractivity (Wildman–Crippen MR) is 118 cm³/mol. The fraction of sp³-hybridized carbons (Fsp3) is 0.200. The first-order valence-corrected chi connectivity index (χ1v) is 10.6. The van der Waals surface area contributed by atoms with E-state index in [2.05, 4.69) is 26.9 Å². The maximum atomic E-state index is 12.5. The molecular weight excluding hydrogens is 456 g/mol. The number of amides is 1. The normalized spacial score (nSPS) is 14.7. The van der Waals surface area contributed by atoms with E-state index >= 15 is 0 Å². The number of thiazole rings is 1. The van der Waals surface area contributed by atoms with Gasteiger partial charge in [-0.15, -0.1) is 0 Å². The number of fused-ring (bicyclic) bond motifs is 1. The smallest absolute Gasteiger partial charge is 0.270 e. The molecule has 1 aliphatic heterocycles. The van der Waals surface area contributed by atoms with Gasteiger partial charge in [-0.2, -0.15) is 0 Å². The van der Waals surface area contributed by atoms with E-state index in [4.69, 9.17) is 4.98 Å². The van der Waals surface area contributed by atoms with Crippen LogP contribution in [0.1, 0.15) is 5.56 Å². The van der Waals surface area contributed by atoms with Gasteiger partial charge in [0.25, 0.3) is 5.69 Å². The zero-order valence-electron chi connectivity index (χ0n) is 15.3. The number of anilines is 1. The monoisotopic (exact) mass is 472 g/mol. The third kappa shape index (κ3) is 4.46. The fourth-order valence-corrected chi connectivity index (χ4v) is 4.72. The van der Waals surface area contributed by atoms with Crippen LogP contribution in [0.4, 0.5) is 10.8 Å². The average molecular weight is 473 g/mol. The summed E-state index contributed by atoms with van der Waals surface area (Å²) in [6.45, 7) is 2.66. The molecule has 1 aromatic heterocycles. The fourth-order valence-electron chi connectivity index (χ4n) is 3.15. The molecule has 0 saturated carbocycles. The Labute approximate surface area is 179 Å². The van der Waals surface area contributed by atoms with Crippen molar-refractivity contribution in [3.05, 3.63) is 68.7 Å². The van der Waals surface area contributed by atoms with E-state index in [1.165, 1.54) is 18.2 Å². The number of nitro groups is 1. The summed E-state index contributed by atoms with van der Waals surface area (Å²) in [5.74, 6) is -0.0932. The lowest BCUT2D eigenvalue weighted by molar-refractivity contribution is -0.384. The van der Waals surface area contributed by atoms with Crippen LogP contribution in [0.15, 0.2) is 53.0 Å². The molecule has 0 bridgehead atoms. The van der Waals surface area contributed by atoms with Crippen molar-refractivity contribution in [3.8, 4) is 0 Å². The van der Waals surface area contributed by atoms with E-state index in [1.54, 1.807) is 34.4 Å². The molecule has 1 fully saturated rings. The average Bonchev–Trinajstić information content (AvgIpc) is 3.15. The Morgan fingerprint density at radius 3 is 2.72 bits per heavy atom. The van der Waals surface area contributed by atoms with E-state index in [1.807, 2.05) is 12.1 Å². The number of rotatable bonds is 4. The van der Waals surface area contributed by atoms with Crippen LogP contribution in [0.25, 0.3) is 16.3 Å². The van der Waals surface area contributed by atoms with Crippen LogP contribution in [-0.2, 0) is 4.79 Å². The highest BCUT2D eigenvalue weighted by Gasteiger charge is 2.22. The van der Waals surface area contributed by atoms with Crippen molar-refractivity contribution in [1.82, 2.24) is 9.88 Å². The number of nitro benzene ring substituents is 1. The molecular formula is C20H17BrN4O3S. The highest BCUT2D eigenvalue weighted by atomic mass is 79.9. The molecule has 1 aliphatic rings. The van der Waals surface area contributed by atoms with E-state index < -0.39 is 4.92 Å². The van der Waals surface area contributed by atoms with Gasteiger partial charge >= 0.3 is 0 Å². The van der Waals surface area contributed by atoms with Crippen LogP contribution in [-0.4, -0.2) is 46.9 Å². The van der Waals surface area contributed by atoms with Crippen molar-refractivity contribution in [2.75, 3.05) is 31.1 Å². The summed E-state index contributed by atoms with van der Waals surface area (Å²) in [6, 6.07) is 12.3. The van der Waals surface area contributed by atoms with Crippen molar-refractivity contribution in [2.45, 2.75) is 0 Å². The second-order valence-electron chi connectivity index (χ2n) is 6.61. The number of non-ortho nitro benzene ring substituents is 1. The first-order valence-electron chi connectivity index (χ1n) is 9.02. The van der Waals surface area contributed by atoms with Gasteiger partial charge in [-0.3, -0.25) is 14.9 Å². The minimum Gasteiger partial charge on any atom is -0.345 e. The van der Waals surface area contributed by atoms with Gasteiger partial charge in [0.1, 0.15) is 0 Å². The molecule has 7 nitrogen and oxygen atoms in total. The summed E-state index contributed by atoms with van der Waals surface area (Å²) in [4.78, 5) is 31.6. The van der Waals surface area contributed by atoms with Crippen molar-refractivity contribution in [3.63, 3.8) is 0 Å². The van der Waals surface area contributed by atoms with Gasteiger partial charge < -0.3 is 9.80 Å². The van der Waals surface area contributed by atoms with Gasteiger partial charge in [0.05, 0.1) is 15.1 Å². The Kier molecular flexibility index (Phi) is 5.59. The van der Waals surface area contributed by atoms with Crippen LogP contribution in [0.2, 0.25) is 0 Å². The number of halogens is 1. The summed E-state index contributed by atoms with van der Waals surface area (Å²) >= 11 is 5.14. The number of aromatic nitrogens is 1. The molecule has 0 N–H and O–H groups in total. The van der Waals surface area contributed by atoms with Gasteiger partial charge in [0.15, 0.2) is 5.13 Å². The number of carbonyl (C=O) groups is 1. The van der Waals surface area contributed by atoms with Gasteiger partial charge in [-0.25, -0.2) is 4.98 Å². The van der Waals surface area contributed by atoms with E-state index in [9.17, 15) is 14.9 Å². The zero-order valence-corrected chi connectivity index (χ0v) is 17.7. The Balaban J connectivity index is 1.38. The highest BCUT2D eigenvalue weighted by molar-refractivity contribution is 9.10. The third-order valence-corrected chi connectivity index (χ3v) is 6.27. The van der Waals surface area contributed by atoms with Crippen molar-refractivity contribution in [2.24, 2.45) is 0 Å². The van der Waals surface area contributed by atoms with Gasteiger partial charge in [0.2, 0.25) is 5.91 Å². The number of carbonyl (C=O) groups excluding carboxylic acids is 1. The van der Waals surface area contributed by atoms with Crippen LogP contribution in [0.3, 0.4) is 0 Å². The molecule has 1 amide bonds. The third-order valence-electron chi connectivity index (χ3n) is 4.70. The number of nitrogens with zero attached hydrogens (tertiary/aromatic N) is 4. The van der Waals surface area contributed by atoms with Crippen LogP contribution in [0, 0.1) is 10.1 Å². The predicted octanol–water partition coefficient (Wildman–Crippen LogP) is 4.33. The standard InChI is InChI=1S/C20H17BrN4O3S/c21-15-5-6-17-18(13-15)29-20(22-17)24-10-8-23(9-11-24)19(26)7-4-14-2-1-3-16(12-14)25(27)28/h1-7,12-13H,8-11H2. The quantitative estimate of drug-likeness (QED) is 0.320. The van der Waals surface area contributed by atoms with E-state index in [0.717, 1.165) is 32.9 Å². The minimum absolute atomic E-state index is 0.0103. The van der Waals surface area contributed by atoms with E-state index in [-0.39, 0.29) is 11.6 Å². The van der Waals surface area contributed by atoms with Crippen molar-refractivity contribution < 1.29 is 9.72 Å². The molecule has 3 aromatic rings. The first kappa shape index (κ1) is 19.5. The maximum Gasteiger partial charge on any atom is 0.270 e. The topological polar surface area (TPSA) is 79.6 Å². The van der Waals surface area contributed by atoms with Gasteiger partial charge in [-0.05, 0) is 29.8 Å². The lowest BCUT2D eigenvalue weighted by atomic mass is 10.2. The largest absolute Gasteiger partial charge is 0.345 e. The van der Waals surface area contributed by atoms with Crippen molar-refractivity contribution >= 4 is 60.3 Å². The summed E-state index contributed by atoms with van der Waals surface area (Å²) in [7, 11) is 0. The molecule has 0 radical (unpaired) electrons. The van der Waals surface area contributed by atoms with Crippen LogP contribution >= 0.6 is 27.3 Å². The first-order chi connectivity index (χ1) is 14.0. The van der Waals surface area contributed by atoms with E-state index in [0.29, 0.717) is 18.7 Å². The molecule has 0 unspecified atom stereocenters. The molecule has 0 spiro atoms. The molecule has 0 atom stereocenters. The number of piperazine rings is 1. The Morgan fingerprint density at radius 1 is 1.17 bits per heavy atom. The van der Waals surface area contributed by atoms with Crippen LogP contribution < -0.4 is 4.90 Å².